The van der Waals surface area contributed by atoms with E-state index in [-0.39, 0.29) is 67.3 Å². The summed E-state index contributed by atoms with van der Waals surface area (Å²) in [4.78, 5) is 0. The van der Waals surface area contributed by atoms with E-state index >= 15 is 0 Å². The zero-order valence-electron chi connectivity index (χ0n) is 1.71. The molecule has 0 spiro atoms. The molecule has 0 aromatic heterocycles. The summed E-state index contributed by atoms with van der Waals surface area (Å²) in [5.41, 5.74) is 0. The van der Waals surface area contributed by atoms with Crippen LogP contribution >= 0.6 is 0 Å². The minimum atomic E-state index is -3.29. The molecule has 0 rings (SSSR count). The van der Waals surface area contributed by atoms with Crippen LogP contribution < -0.4 is 0 Å². The monoisotopic (exact) mass is 196 g/mol. The zero-order chi connectivity index (χ0) is 3.58. The van der Waals surface area contributed by atoms with Crippen LogP contribution in [0.25, 0.3) is 0 Å². The van der Waals surface area contributed by atoms with Gasteiger partial charge in [0.1, 0.15) is 0 Å². The molecule has 0 atom stereocenters. The summed E-state index contributed by atoms with van der Waals surface area (Å²) in [6, 6.07) is 0. The third-order valence-corrected chi connectivity index (χ3v) is 0. The predicted octanol–water partition coefficient (Wildman–Crippen LogP) is -3.18. The molecule has 2 N–H and O–H groups in total. The van der Waals surface area contributed by atoms with E-state index < -0.39 is 14.5 Å². The summed E-state index contributed by atoms with van der Waals surface area (Å²) in [5, 5.41) is 0. The Morgan fingerprint density at radius 2 is 1.33 bits per heavy atom. The van der Waals surface area contributed by atoms with Crippen molar-refractivity contribution in [1.29, 1.82) is 0 Å². The Bertz CT molecular complexity index is 33.8. The molecule has 0 unspecified atom stereocenters. The molecule has 0 aromatic rings. The fourth-order valence-corrected chi connectivity index (χ4v) is 0. The standard InChI is InChI=1S/Ca.Na.H2O3Se.3H/c;;1-4(2)3;;;/h;;(H2,1,2,3);;;. The molecule has 0 aliphatic heterocycles. The molecule has 0 amide bonds. The van der Waals surface area contributed by atoms with Crippen LogP contribution in [-0.2, 0) is 3.83 Å². The average molecular weight is 195 g/mol. The maximum absolute atomic E-state index is 8.76. The third-order valence-electron chi connectivity index (χ3n) is 0. The second kappa shape index (κ2) is 10.5. The Morgan fingerprint density at radius 3 is 1.33 bits per heavy atom. The van der Waals surface area contributed by atoms with Gasteiger partial charge in [-0.25, -0.2) is 0 Å². The van der Waals surface area contributed by atoms with Crippen molar-refractivity contribution in [1.82, 2.24) is 0 Å². The molecule has 0 aliphatic rings. The molecular formula is H5CaNaO3Se. The normalized spacial score (nSPS) is 5.83. The Labute approximate surface area is 92.1 Å². The fourth-order valence-electron chi connectivity index (χ4n) is 0. The Hall–Kier alpha value is 2.50. The van der Waals surface area contributed by atoms with Gasteiger partial charge in [0, 0.05) is 0 Å². The quantitative estimate of drug-likeness (QED) is 0.401. The molecule has 0 saturated carbocycles. The molecule has 0 fully saturated rings. The van der Waals surface area contributed by atoms with Gasteiger partial charge in [-0.2, -0.15) is 0 Å². The van der Waals surface area contributed by atoms with Crippen molar-refractivity contribution in [2.45, 2.75) is 0 Å². The fraction of sp³-hybridized carbons (Fsp3) is 0. The van der Waals surface area contributed by atoms with E-state index in [0.29, 0.717) is 0 Å². The molecule has 0 saturated heterocycles. The average Bonchev–Trinajstić information content (AvgIpc) is 0.811. The molecule has 3 nitrogen and oxygen atoms in total. The van der Waals surface area contributed by atoms with Crippen molar-refractivity contribution >= 4 is 81.8 Å². The van der Waals surface area contributed by atoms with E-state index in [4.69, 9.17) is 12.2 Å². The summed E-state index contributed by atoms with van der Waals surface area (Å²) in [6.07, 6.45) is 0. The van der Waals surface area contributed by atoms with Crippen molar-refractivity contribution in [3.63, 3.8) is 0 Å². The minimum absolute atomic E-state index is 0. The number of hydrogen-bond donors (Lipinski definition) is 2. The Morgan fingerprint density at radius 1 is 1.33 bits per heavy atom. The van der Waals surface area contributed by atoms with Crippen molar-refractivity contribution < 1.29 is 12.2 Å². The van der Waals surface area contributed by atoms with E-state index in [1.165, 1.54) is 0 Å². The van der Waals surface area contributed by atoms with E-state index in [1.807, 2.05) is 0 Å². The first-order chi connectivity index (χ1) is 1.73. The zero-order valence-corrected chi connectivity index (χ0v) is 3.42. The van der Waals surface area contributed by atoms with Crippen molar-refractivity contribution in [2.75, 3.05) is 0 Å². The first-order valence-electron chi connectivity index (χ1n) is 0.532. The molecule has 32 valence electrons. The maximum atomic E-state index is 8.76. The number of rotatable bonds is 0. The Kier molecular flexibility index (Phi) is 27.6. The first kappa shape index (κ1) is 15.8. The van der Waals surface area contributed by atoms with Gasteiger partial charge >= 0.3 is 94.0 Å². The van der Waals surface area contributed by atoms with E-state index in [2.05, 4.69) is 0 Å². The Balaban J connectivity index is -0.0000000450. The van der Waals surface area contributed by atoms with Gasteiger partial charge in [-0.15, -0.1) is 0 Å². The van der Waals surface area contributed by atoms with Crippen LogP contribution in [-0.4, -0.2) is 90.2 Å². The molecule has 6 heteroatoms. The summed E-state index contributed by atoms with van der Waals surface area (Å²) < 4.78 is 23.1. The molecule has 0 bridgehead atoms. The van der Waals surface area contributed by atoms with Crippen molar-refractivity contribution in [3.8, 4) is 0 Å². The molecular weight excluding hydrogens is 190 g/mol. The van der Waals surface area contributed by atoms with Gasteiger partial charge in [-0.05, 0) is 0 Å². The summed E-state index contributed by atoms with van der Waals surface area (Å²) in [7, 11) is 0. The van der Waals surface area contributed by atoms with Gasteiger partial charge in [-0.3, -0.25) is 0 Å². The predicted molar refractivity (Wildman–Crippen MR) is 26.6 cm³/mol. The van der Waals surface area contributed by atoms with Crippen LogP contribution in [0.15, 0.2) is 0 Å². The van der Waals surface area contributed by atoms with E-state index in [0.717, 1.165) is 0 Å². The van der Waals surface area contributed by atoms with Gasteiger partial charge in [0.05, 0.1) is 0 Å². The SMILES string of the molecule is O=[Se](O)O.[CaH2].[NaH]. The van der Waals surface area contributed by atoms with Crippen LogP contribution in [0.4, 0.5) is 0 Å². The second-order valence-corrected chi connectivity index (χ2v) is 1.20. The van der Waals surface area contributed by atoms with Crippen LogP contribution in [0.2, 0.25) is 0 Å². The molecule has 0 aromatic carbocycles. The van der Waals surface area contributed by atoms with Gasteiger partial charge < -0.3 is 0 Å². The summed E-state index contributed by atoms with van der Waals surface area (Å²) in [5.74, 6) is 0. The van der Waals surface area contributed by atoms with Gasteiger partial charge in [0.2, 0.25) is 0 Å². The molecule has 0 aliphatic carbocycles. The van der Waals surface area contributed by atoms with E-state index in [1.54, 1.807) is 0 Å². The van der Waals surface area contributed by atoms with Crippen LogP contribution in [0.1, 0.15) is 0 Å². The van der Waals surface area contributed by atoms with Gasteiger partial charge in [0.15, 0.2) is 0 Å². The molecule has 0 radical (unpaired) electrons. The van der Waals surface area contributed by atoms with Crippen LogP contribution in [0.3, 0.4) is 0 Å². The summed E-state index contributed by atoms with van der Waals surface area (Å²) in [6.45, 7) is 0. The van der Waals surface area contributed by atoms with Crippen LogP contribution in [0, 0.1) is 0 Å². The second-order valence-electron chi connectivity index (χ2n) is 0.231. The van der Waals surface area contributed by atoms with E-state index in [9.17, 15) is 0 Å². The molecule has 0 heterocycles. The van der Waals surface area contributed by atoms with Gasteiger partial charge in [-0.1, -0.05) is 0 Å². The number of hydrogen-bond acceptors (Lipinski definition) is 1. The third kappa shape index (κ3) is 31.5. The topological polar surface area (TPSA) is 57.5 Å². The van der Waals surface area contributed by atoms with Crippen LogP contribution in [0.5, 0.6) is 0 Å². The first-order valence-corrected chi connectivity index (χ1v) is 2.76. The van der Waals surface area contributed by atoms with Gasteiger partial charge in [0.25, 0.3) is 0 Å². The summed E-state index contributed by atoms with van der Waals surface area (Å²) >= 11 is -3.29. The molecule has 6 heavy (non-hydrogen) atoms. The van der Waals surface area contributed by atoms with Crippen molar-refractivity contribution in [3.05, 3.63) is 0 Å². The van der Waals surface area contributed by atoms with Crippen molar-refractivity contribution in [2.24, 2.45) is 0 Å².